The van der Waals surface area contributed by atoms with Crippen LogP contribution in [-0.4, -0.2) is 9.78 Å². The van der Waals surface area contributed by atoms with Crippen molar-refractivity contribution in [2.45, 2.75) is 20.5 Å². The highest BCUT2D eigenvalue weighted by Gasteiger charge is 2.12. The van der Waals surface area contributed by atoms with E-state index in [0.717, 1.165) is 28.4 Å². The smallest absolute Gasteiger partial charge is 0.131 e. The van der Waals surface area contributed by atoms with Crippen LogP contribution in [-0.2, 0) is 13.7 Å². The van der Waals surface area contributed by atoms with E-state index in [2.05, 4.69) is 5.10 Å². The van der Waals surface area contributed by atoms with Crippen LogP contribution < -0.4 is 10.5 Å². The Hall–Kier alpha value is -1.68. The molecule has 1 aromatic carbocycles. The monoisotopic (exact) mass is 265 g/mol. The molecular weight excluding hydrogens is 250 g/mol. The maximum Gasteiger partial charge on any atom is 0.131 e. The predicted octanol–water partition coefficient (Wildman–Crippen LogP) is 2.85. The largest absolute Gasteiger partial charge is 0.487 e. The number of halogens is 1. The minimum Gasteiger partial charge on any atom is -0.487 e. The molecule has 5 heteroatoms. The molecule has 0 aliphatic carbocycles. The van der Waals surface area contributed by atoms with Crippen LogP contribution in [0.3, 0.4) is 0 Å². The highest BCUT2D eigenvalue weighted by molar-refractivity contribution is 6.31. The Morgan fingerprint density at radius 2 is 2.11 bits per heavy atom. The number of rotatable bonds is 3. The number of nitrogens with two attached hydrogens (primary N) is 1. The summed E-state index contributed by atoms with van der Waals surface area (Å²) in [7, 11) is 1.85. The number of hydrogen-bond acceptors (Lipinski definition) is 3. The van der Waals surface area contributed by atoms with Gasteiger partial charge in [-0.3, -0.25) is 4.68 Å². The molecule has 2 aromatic rings. The van der Waals surface area contributed by atoms with Gasteiger partial charge in [-0.2, -0.15) is 5.10 Å². The van der Waals surface area contributed by atoms with Gasteiger partial charge in [0.15, 0.2) is 0 Å². The van der Waals surface area contributed by atoms with E-state index in [1.165, 1.54) is 0 Å². The lowest BCUT2D eigenvalue weighted by Gasteiger charge is -2.11. The molecule has 2 rings (SSSR count). The second-order valence-corrected chi connectivity index (χ2v) is 4.61. The third-order valence-corrected chi connectivity index (χ3v) is 3.44. The molecule has 2 N–H and O–H groups in total. The first kappa shape index (κ1) is 12.8. The number of nitrogen functional groups attached to an aromatic ring is 1. The molecule has 0 aliphatic rings. The number of ether oxygens (including phenoxy) is 1. The Kier molecular flexibility index (Phi) is 3.48. The molecule has 0 atom stereocenters. The van der Waals surface area contributed by atoms with Gasteiger partial charge in [-0.15, -0.1) is 0 Å². The summed E-state index contributed by atoms with van der Waals surface area (Å²) in [4.78, 5) is 0. The van der Waals surface area contributed by atoms with E-state index in [9.17, 15) is 0 Å². The van der Waals surface area contributed by atoms with Crippen molar-refractivity contribution in [3.05, 3.63) is 40.2 Å². The summed E-state index contributed by atoms with van der Waals surface area (Å²) in [5, 5.41) is 4.89. The van der Waals surface area contributed by atoms with Gasteiger partial charge < -0.3 is 10.5 Å². The lowest BCUT2D eigenvalue weighted by molar-refractivity contribution is 0.293. The summed E-state index contributed by atoms with van der Waals surface area (Å²) in [6, 6.07) is 5.61. The summed E-state index contributed by atoms with van der Waals surface area (Å²) in [5.41, 5.74) is 9.15. The van der Waals surface area contributed by atoms with Gasteiger partial charge in [0, 0.05) is 18.3 Å². The van der Waals surface area contributed by atoms with Gasteiger partial charge in [0.1, 0.15) is 12.4 Å². The second-order valence-electron chi connectivity index (χ2n) is 4.23. The van der Waals surface area contributed by atoms with Crippen LogP contribution in [0.5, 0.6) is 5.75 Å². The van der Waals surface area contributed by atoms with Gasteiger partial charge in [-0.05, 0) is 26.0 Å². The minimum atomic E-state index is 0.375. The predicted molar refractivity (Wildman–Crippen MR) is 72.9 cm³/mol. The Labute approximate surface area is 111 Å². The highest BCUT2D eigenvalue weighted by Crippen LogP contribution is 2.26. The fraction of sp³-hybridized carbons (Fsp3) is 0.308. The Morgan fingerprint density at radius 3 is 2.72 bits per heavy atom. The third kappa shape index (κ3) is 2.29. The molecule has 96 valence electrons. The zero-order valence-electron chi connectivity index (χ0n) is 10.7. The number of hydrogen-bond donors (Lipinski definition) is 1. The Bertz CT molecular complexity index is 578. The first-order chi connectivity index (χ1) is 8.50. The number of aromatic nitrogens is 2. The minimum absolute atomic E-state index is 0.375. The van der Waals surface area contributed by atoms with E-state index in [1.807, 2.05) is 39.1 Å². The van der Waals surface area contributed by atoms with Gasteiger partial charge in [0.25, 0.3) is 0 Å². The fourth-order valence-corrected chi connectivity index (χ4v) is 1.99. The van der Waals surface area contributed by atoms with Crippen LogP contribution in [0.4, 0.5) is 5.69 Å². The quantitative estimate of drug-likeness (QED) is 0.869. The molecule has 0 amide bonds. The Balaban J connectivity index is 2.19. The molecule has 0 saturated heterocycles. The summed E-state index contributed by atoms with van der Waals surface area (Å²) in [6.45, 7) is 4.18. The first-order valence-electron chi connectivity index (χ1n) is 5.66. The molecule has 4 nitrogen and oxygen atoms in total. The average molecular weight is 266 g/mol. The third-order valence-electron chi connectivity index (χ3n) is 2.95. The summed E-state index contributed by atoms with van der Waals surface area (Å²) >= 11 is 6.16. The molecular formula is C13H16ClN3O. The number of anilines is 1. The maximum atomic E-state index is 6.16. The lowest BCUT2D eigenvalue weighted by atomic mass is 10.2. The van der Waals surface area contributed by atoms with Crippen molar-refractivity contribution in [2.24, 2.45) is 7.05 Å². The molecule has 0 saturated carbocycles. The van der Waals surface area contributed by atoms with Crippen LogP contribution >= 0.6 is 11.6 Å². The number of nitrogens with zero attached hydrogens (tertiary/aromatic N) is 2. The molecule has 0 aliphatic heterocycles. The molecule has 0 spiro atoms. The molecule has 0 bridgehead atoms. The number of benzene rings is 1. The maximum absolute atomic E-state index is 6.16. The fourth-order valence-electron chi connectivity index (χ4n) is 1.77. The molecule has 0 fully saturated rings. The highest BCUT2D eigenvalue weighted by atomic mass is 35.5. The summed E-state index contributed by atoms with van der Waals surface area (Å²) in [5.74, 6) is 0.768. The lowest BCUT2D eigenvalue weighted by Crippen LogP contribution is -2.04. The van der Waals surface area contributed by atoms with Crippen molar-refractivity contribution in [3.63, 3.8) is 0 Å². The second kappa shape index (κ2) is 4.90. The topological polar surface area (TPSA) is 53.1 Å². The van der Waals surface area contributed by atoms with Crippen LogP contribution in [0, 0.1) is 13.8 Å². The Morgan fingerprint density at radius 1 is 1.39 bits per heavy atom. The van der Waals surface area contributed by atoms with Crippen molar-refractivity contribution in [1.82, 2.24) is 9.78 Å². The van der Waals surface area contributed by atoms with E-state index in [4.69, 9.17) is 22.1 Å². The van der Waals surface area contributed by atoms with Gasteiger partial charge in [0.2, 0.25) is 0 Å². The normalized spacial score (nSPS) is 10.7. The van der Waals surface area contributed by atoms with Gasteiger partial charge in [-0.1, -0.05) is 17.7 Å². The summed E-state index contributed by atoms with van der Waals surface area (Å²) < 4.78 is 7.49. The van der Waals surface area contributed by atoms with Crippen LogP contribution in [0.25, 0.3) is 0 Å². The summed E-state index contributed by atoms with van der Waals surface area (Å²) in [6.07, 6.45) is 0. The van der Waals surface area contributed by atoms with Crippen LogP contribution in [0.2, 0.25) is 5.02 Å². The van der Waals surface area contributed by atoms with Gasteiger partial charge in [-0.25, -0.2) is 0 Å². The average Bonchev–Trinajstić information content (AvgIpc) is 2.56. The molecule has 1 heterocycles. The molecule has 0 radical (unpaired) electrons. The van der Waals surface area contributed by atoms with E-state index in [-0.39, 0.29) is 0 Å². The SMILES string of the molecule is Cc1nn(C)c(COc2cccc(N)c2C)c1Cl. The number of aryl methyl sites for hydroxylation is 2. The molecule has 0 unspecified atom stereocenters. The van der Waals surface area contributed by atoms with Crippen molar-refractivity contribution in [2.75, 3.05) is 5.73 Å². The zero-order valence-corrected chi connectivity index (χ0v) is 11.5. The van der Waals surface area contributed by atoms with Crippen molar-refractivity contribution < 1.29 is 4.74 Å². The zero-order chi connectivity index (χ0) is 13.3. The van der Waals surface area contributed by atoms with E-state index in [1.54, 1.807) is 4.68 Å². The van der Waals surface area contributed by atoms with E-state index in [0.29, 0.717) is 11.6 Å². The van der Waals surface area contributed by atoms with Crippen LogP contribution in [0.15, 0.2) is 18.2 Å². The standard InChI is InChI=1S/C13H16ClN3O/c1-8-10(15)5-4-6-12(8)18-7-11-13(14)9(2)16-17(11)3/h4-6H,7,15H2,1-3H3. The molecule has 1 aromatic heterocycles. The van der Waals surface area contributed by atoms with Crippen LogP contribution in [0.1, 0.15) is 17.0 Å². The van der Waals surface area contributed by atoms with E-state index >= 15 is 0 Å². The van der Waals surface area contributed by atoms with Gasteiger partial charge >= 0.3 is 0 Å². The van der Waals surface area contributed by atoms with Gasteiger partial charge in [0.05, 0.1) is 16.4 Å². The molecule has 18 heavy (non-hydrogen) atoms. The van der Waals surface area contributed by atoms with Crippen molar-refractivity contribution >= 4 is 17.3 Å². The first-order valence-corrected chi connectivity index (χ1v) is 6.04. The van der Waals surface area contributed by atoms with Crippen molar-refractivity contribution in [1.29, 1.82) is 0 Å². The van der Waals surface area contributed by atoms with E-state index < -0.39 is 0 Å². The van der Waals surface area contributed by atoms with Crippen molar-refractivity contribution in [3.8, 4) is 5.75 Å².